The fourth-order valence-electron chi connectivity index (χ4n) is 9.34. The first-order valence-corrected chi connectivity index (χ1v) is 20.2. The number of hydrogen-bond donors (Lipinski definition) is 0. The van der Waals surface area contributed by atoms with Gasteiger partial charge in [0.05, 0.1) is 0 Å². The summed E-state index contributed by atoms with van der Waals surface area (Å²) in [5, 5.41) is 13.5. The molecule has 0 bridgehead atoms. The van der Waals surface area contributed by atoms with Gasteiger partial charge >= 0.3 is 0 Å². The van der Waals surface area contributed by atoms with Gasteiger partial charge in [0.1, 0.15) is 22.3 Å². The number of hydrogen-bond acceptors (Lipinski definition) is 5. The molecule has 0 saturated heterocycles. The zero-order valence-electron chi connectivity index (χ0n) is 32.1. The minimum Gasteiger partial charge on any atom is -0.456 e. The lowest BCUT2D eigenvalue weighted by molar-refractivity contribution is 0.668. The third-order valence-electron chi connectivity index (χ3n) is 12.1. The molecule has 13 rings (SSSR count). The fourth-order valence-corrected chi connectivity index (χ4v) is 9.34. The van der Waals surface area contributed by atoms with Crippen molar-refractivity contribution in [1.29, 1.82) is 0 Å². The Balaban J connectivity index is 1.02. The van der Waals surface area contributed by atoms with Gasteiger partial charge in [-0.3, -0.25) is 0 Å². The topological polar surface area (TPSA) is 65.0 Å². The molecule has 60 heavy (non-hydrogen) atoms. The molecule has 0 atom stereocenters. The van der Waals surface area contributed by atoms with Crippen LogP contribution in [-0.2, 0) is 0 Å². The van der Waals surface area contributed by atoms with Crippen LogP contribution in [0.5, 0.6) is 0 Å². The largest absolute Gasteiger partial charge is 0.456 e. The zero-order valence-corrected chi connectivity index (χ0v) is 32.1. The van der Waals surface area contributed by atoms with Crippen molar-refractivity contribution in [3.05, 3.63) is 188 Å². The molecular weight excluding hydrogens is 735 g/mol. The Labute approximate surface area is 342 Å². The summed E-state index contributed by atoms with van der Waals surface area (Å²) < 4.78 is 12.5. The van der Waals surface area contributed by atoms with E-state index < -0.39 is 0 Å². The molecule has 3 heterocycles. The molecule has 0 spiro atoms. The van der Waals surface area contributed by atoms with E-state index in [0.717, 1.165) is 109 Å². The van der Waals surface area contributed by atoms with Gasteiger partial charge < -0.3 is 8.83 Å². The SMILES string of the molecule is c1cc(-c2cccc3oc4ccccc4c23)c2ccc(-c3nc(-c4ccc5c(ccc6oc7ccccc7c65)c4)nc(-c4cc5ccccc5c5ccccc45)n3)cc2c1. The first-order valence-electron chi connectivity index (χ1n) is 20.2. The molecule has 5 nitrogen and oxygen atoms in total. The van der Waals surface area contributed by atoms with E-state index in [4.69, 9.17) is 23.8 Å². The number of aromatic nitrogens is 3. The number of furan rings is 2. The highest BCUT2D eigenvalue weighted by Crippen LogP contribution is 2.41. The van der Waals surface area contributed by atoms with E-state index in [-0.39, 0.29) is 0 Å². The lowest BCUT2D eigenvalue weighted by Crippen LogP contribution is -2.01. The Hall–Kier alpha value is -8.15. The predicted molar refractivity (Wildman–Crippen MR) is 246 cm³/mol. The van der Waals surface area contributed by atoms with Crippen molar-refractivity contribution < 1.29 is 8.83 Å². The lowest BCUT2D eigenvalue weighted by atomic mass is 9.94. The average Bonchev–Trinajstić information content (AvgIpc) is 3.90. The number of nitrogens with zero attached hydrogens (tertiary/aromatic N) is 3. The number of rotatable bonds is 4. The molecule has 0 radical (unpaired) electrons. The molecular formula is C55H31N3O2. The van der Waals surface area contributed by atoms with Gasteiger partial charge in [-0.15, -0.1) is 0 Å². The van der Waals surface area contributed by atoms with Crippen LogP contribution in [-0.4, -0.2) is 15.0 Å². The van der Waals surface area contributed by atoms with Gasteiger partial charge in [-0.1, -0.05) is 146 Å². The van der Waals surface area contributed by atoms with Crippen molar-refractivity contribution in [1.82, 2.24) is 15.0 Å². The van der Waals surface area contributed by atoms with Crippen LogP contribution in [0, 0.1) is 0 Å². The maximum absolute atomic E-state index is 6.28. The van der Waals surface area contributed by atoms with Gasteiger partial charge in [0.15, 0.2) is 17.5 Å². The van der Waals surface area contributed by atoms with Gasteiger partial charge in [-0.05, 0) is 96.7 Å². The Morgan fingerprint density at radius 2 is 0.783 bits per heavy atom. The van der Waals surface area contributed by atoms with Crippen LogP contribution in [0.2, 0.25) is 0 Å². The molecule has 0 saturated carbocycles. The number of fused-ring (bicyclic) bond motifs is 12. The third kappa shape index (κ3) is 4.96. The normalized spacial score (nSPS) is 12.0. The Bertz CT molecular complexity index is 3910. The molecule has 5 heteroatoms. The van der Waals surface area contributed by atoms with E-state index in [1.54, 1.807) is 0 Å². The summed E-state index contributed by atoms with van der Waals surface area (Å²) in [7, 11) is 0. The maximum Gasteiger partial charge on any atom is 0.164 e. The monoisotopic (exact) mass is 765 g/mol. The molecule has 13 aromatic rings. The lowest BCUT2D eigenvalue weighted by Gasteiger charge is -2.13. The summed E-state index contributed by atoms with van der Waals surface area (Å²) in [6, 6.07) is 65.7. The van der Waals surface area contributed by atoms with Gasteiger partial charge in [-0.25, -0.2) is 15.0 Å². The molecule has 278 valence electrons. The highest BCUT2D eigenvalue weighted by Gasteiger charge is 2.19. The van der Waals surface area contributed by atoms with Gasteiger partial charge in [0, 0.05) is 38.2 Å². The fraction of sp³-hybridized carbons (Fsp3) is 0. The summed E-state index contributed by atoms with van der Waals surface area (Å²) in [6.07, 6.45) is 0. The molecule has 3 aromatic heterocycles. The molecule has 0 aliphatic rings. The Morgan fingerprint density at radius 1 is 0.267 bits per heavy atom. The van der Waals surface area contributed by atoms with Crippen molar-refractivity contribution in [3.63, 3.8) is 0 Å². The van der Waals surface area contributed by atoms with E-state index in [1.807, 2.05) is 30.3 Å². The van der Waals surface area contributed by atoms with Crippen LogP contribution in [0.4, 0.5) is 0 Å². The predicted octanol–water partition coefficient (Wildman–Crippen LogP) is 15.0. The van der Waals surface area contributed by atoms with E-state index in [9.17, 15) is 0 Å². The summed E-state index contributed by atoms with van der Waals surface area (Å²) in [6.45, 7) is 0. The van der Waals surface area contributed by atoms with Crippen molar-refractivity contribution in [2.24, 2.45) is 0 Å². The highest BCUT2D eigenvalue weighted by molar-refractivity contribution is 6.19. The van der Waals surface area contributed by atoms with Crippen LogP contribution in [0.15, 0.2) is 197 Å². The summed E-state index contributed by atoms with van der Waals surface area (Å²) >= 11 is 0. The van der Waals surface area contributed by atoms with Gasteiger partial charge in [0.2, 0.25) is 0 Å². The quantitative estimate of drug-likeness (QED) is 0.167. The van der Waals surface area contributed by atoms with Crippen LogP contribution in [0.1, 0.15) is 0 Å². The van der Waals surface area contributed by atoms with Crippen molar-refractivity contribution >= 4 is 87.0 Å². The van der Waals surface area contributed by atoms with E-state index in [0.29, 0.717) is 17.5 Å². The van der Waals surface area contributed by atoms with Crippen LogP contribution in [0.25, 0.3) is 132 Å². The van der Waals surface area contributed by atoms with Crippen LogP contribution >= 0.6 is 0 Å². The highest BCUT2D eigenvalue weighted by atomic mass is 16.3. The standard InChI is InChI=1S/C55H31N3O2/c1-2-13-37-33(11-1)31-46(42-15-4-3-14-40(37)42)55-57-53(56-54(58-55)36-24-27-39-34(30-36)25-28-50-51(39)44-16-5-7-20-47(44)60-50)35-23-26-38-32(29-35)12-9-18-41(38)43-19-10-22-49-52(43)45-17-6-8-21-48(45)59-49/h1-31H. The molecule has 0 aliphatic carbocycles. The van der Waals surface area contributed by atoms with Gasteiger partial charge in [0.25, 0.3) is 0 Å². The van der Waals surface area contributed by atoms with Gasteiger partial charge in [-0.2, -0.15) is 0 Å². The molecule has 10 aromatic carbocycles. The van der Waals surface area contributed by atoms with Crippen LogP contribution in [0.3, 0.4) is 0 Å². The van der Waals surface area contributed by atoms with E-state index in [1.165, 1.54) is 5.39 Å². The molecule has 0 unspecified atom stereocenters. The minimum atomic E-state index is 0.610. The molecule has 0 N–H and O–H groups in total. The van der Waals surface area contributed by atoms with Crippen LogP contribution < -0.4 is 0 Å². The second-order valence-corrected chi connectivity index (χ2v) is 15.5. The van der Waals surface area contributed by atoms with E-state index >= 15 is 0 Å². The Kier molecular flexibility index (Phi) is 6.95. The second-order valence-electron chi connectivity index (χ2n) is 15.5. The Morgan fingerprint density at radius 3 is 1.55 bits per heavy atom. The summed E-state index contributed by atoms with van der Waals surface area (Å²) in [4.78, 5) is 15.8. The minimum absolute atomic E-state index is 0.610. The smallest absolute Gasteiger partial charge is 0.164 e. The molecule has 0 fully saturated rings. The zero-order chi connectivity index (χ0) is 39.3. The van der Waals surface area contributed by atoms with E-state index in [2.05, 4.69) is 158 Å². The summed E-state index contributed by atoms with van der Waals surface area (Å²) in [5.41, 5.74) is 8.59. The summed E-state index contributed by atoms with van der Waals surface area (Å²) in [5.74, 6) is 1.85. The van der Waals surface area contributed by atoms with Crippen molar-refractivity contribution in [2.45, 2.75) is 0 Å². The molecule has 0 amide bonds. The average molecular weight is 766 g/mol. The van der Waals surface area contributed by atoms with Crippen molar-refractivity contribution in [3.8, 4) is 45.3 Å². The molecule has 0 aliphatic heterocycles. The first-order chi connectivity index (χ1) is 29.7. The third-order valence-corrected chi connectivity index (χ3v) is 12.1. The number of benzene rings is 10. The number of para-hydroxylation sites is 2. The first kappa shape index (κ1) is 32.9. The second kappa shape index (κ2) is 12.7. The van der Waals surface area contributed by atoms with Crippen molar-refractivity contribution in [2.75, 3.05) is 0 Å². The maximum atomic E-state index is 6.28.